The highest BCUT2D eigenvalue weighted by atomic mass is 16.5. The summed E-state index contributed by atoms with van der Waals surface area (Å²) in [5.74, 6) is 0.229. The van der Waals surface area contributed by atoms with Crippen LogP contribution in [0.15, 0.2) is 39.8 Å². The molecule has 0 N–H and O–H groups in total. The van der Waals surface area contributed by atoms with Gasteiger partial charge in [-0.1, -0.05) is 24.3 Å². The summed E-state index contributed by atoms with van der Waals surface area (Å²) < 4.78 is 12.1. The van der Waals surface area contributed by atoms with Crippen LogP contribution in [-0.4, -0.2) is 40.6 Å². The molecule has 7 heteroatoms. The number of methoxy groups -OCH3 is 1. The van der Waals surface area contributed by atoms with Gasteiger partial charge in [-0.05, 0) is 24.5 Å². The number of hydrogen-bond donors (Lipinski definition) is 0. The zero-order valence-corrected chi connectivity index (χ0v) is 15.4. The van der Waals surface area contributed by atoms with Crippen LogP contribution in [-0.2, 0) is 24.2 Å². The van der Waals surface area contributed by atoms with Crippen molar-refractivity contribution in [1.29, 1.82) is 0 Å². The van der Waals surface area contributed by atoms with E-state index in [0.29, 0.717) is 37.6 Å². The minimum Gasteiger partial charge on any atom is -0.442 e. The Bertz CT molecular complexity index is 1070. The van der Waals surface area contributed by atoms with Crippen LogP contribution in [0.1, 0.15) is 27.2 Å². The number of ether oxygens (including phenoxy) is 1. The van der Waals surface area contributed by atoms with Crippen LogP contribution in [0.25, 0.3) is 11.1 Å². The number of aromatic nitrogens is 2. The predicted octanol–water partition coefficient (Wildman–Crippen LogP) is 2.14. The van der Waals surface area contributed by atoms with Crippen LogP contribution in [0.5, 0.6) is 0 Å². The van der Waals surface area contributed by atoms with Crippen LogP contribution >= 0.6 is 0 Å². The Morgan fingerprint density at radius 3 is 2.85 bits per heavy atom. The first-order valence-corrected chi connectivity index (χ1v) is 8.93. The van der Waals surface area contributed by atoms with Crippen LogP contribution in [0.2, 0.25) is 0 Å². The highest BCUT2D eigenvalue weighted by Gasteiger charge is 2.28. The van der Waals surface area contributed by atoms with Crippen molar-refractivity contribution in [3.05, 3.63) is 63.4 Å². The summed E-state index contributed by atoms with van der Waals surface area (Å²) in [5.41, 5.74) is 2.63. The second-order valence-electron chi connectivity index (χ2n) is 6.69. The summed E-state index contributed by atoms with van der Waals surface area (Å²) in [4.78, 5) is 32.1. The van der Waals surface area contributed by atoms with E-state index in [1.54, 1.807) is 18.9 Å². The Hall–Kier alpha value is -2.93. The van der Waals surface area contributed by atoms with E-state index in [0.717, 1.165) is 12.0 Å². The van der Waals surface area contributed by atoms with E-state index in [4.69, 9.17) is 9.15 Å². The Balaban J connectivity index is 1.74. The largest absolute Gasteiger partial charge is 0.442 e. The topological polar surface area (TPSA) is 77.6 Å². The van der Waals surface area contributed by atoms with Gasteiger partial charge in [0.1, 0.15) is 17.5 Å². The van der Waals surface area contributed by atoms with Crippen molar-refractivity contribution >= 4 is 17.0 Å². The standard InChI is InChI=1S/C20H21N3O4/c1-13-16(17-18(27-13)21-12-23(20(17)25)9-10-26-2)19(24)22-8-7-14-5-3-4-6-15(14)11-22/h3-6,12H,7-11H2,1-2H3. The first-order chi connectivity index (χ1) is 13.1. The lowest BCUT2D eigenvalue weighted by Gasteiger charge is -2.28. The second-order valence-corrected chi connectivity index (χ2v) is 6.69. The molecule has 0 spiro atoms. The fourth-order valence-corrected chi connectivity index (χ4v) is 3.57. The first-order valence-electron chi connectivity index (χ1n) is 8.93. The number of rotatable bonds is 4. The van der Waals surface area contributed by atoms with E-state index in [1.165, 1.54) is 16.5 Å². The molecule has 4 rings (SSSR count). The molecular weight excluding hydrogens is 346 g/mol. The fourth-order valence-electron chi connectivity index (χ4n) is 3.57. The molecule has 27 heavy (non-hydrogen) atoms. The number of carbonyl (C=O) groups is 1. The quantitative estimate of drug-likeness (QED) is 0.706. The highest BCUT2D eigenvalue weighted by molar-refractivity contribution is 6.06. The summed E-state index contributed by atoms with van der Waals surface area (Å²) in [6.45, 7) is 3.59. The molecule has 1 amide bonds. The van der Waals surface area contributed by atoms with Gasteiger partial charge in [0.2, 0.25) is 5.71 Å². The summed E-state index contributed by atoms with van der Waals surface area (Å²) in [7, 11) is 1.57. The van der Waals surface area contributed by atoms with Gasteiger partial charge in [0.25, 0.3) is 11.5 Å². The third kappa shape index (κ3) is 3.04. The van der Waals surface area contributed by atoms with E-state index < -0.39 is 0 Å². The van der Waals surface area contributed by atoms with Gasteiger partial charge in [-0.2, -0.15) is 0 Å². The molecular formula is C20H21N3O4. The Kier molecular flexibility index (Phi) is 4.53. The molecule has 2 aromatic heterocycles. The monoisotopic (exact) mass is 367 g/mol. The van der Waals surface area contributed by atoms with Crippen LogP contribution < -0.4 is 5.56 Å². The van der Waals surface area contributed by atoms with Crippen LogP contribution in [0, 0.1) is 6.92 Å². The molecule has 1 aromatic carbocycles. The number of furan rings is 1. The van der Waals surface area contributed by atoms with Gasteiger partial charge in [-0.15, -0.1) is 0 Å². The van der Waals surface area contributed by atoms with Gasteiger partial charge >= 0.3 is 0 Å². The lowest BCUT2D eigenvalue weighted by molar-refractivity contribution is 0.0734. The molecule has 0 atom stereocenters. The lowest BCUT2D eigenvalue weighted by Crippen LogP contribution is -2.36. The molecule has 0 radical (unpaired) electrons. The lowest BCUT2D eigenvalue weighted by atomic mass is 9.99. The number of nitrogens with zero attached hydrogens (tertiary/aromatic N) is 3. The molecule has 3 heterocycles. The van der Waals surface area contributed by atoms with E-state index >= 15 is 0 Å². The maximum absolute atomic E-state index is 13.2. The molecule has 1 aliphatic heterocycles. The van der Waals surface area contributed by atoms with Crippen molar-refractivity contribution < 1.29 is 13.9 Å². The fraction of sp³-hybridized carbons (Fsp3) is 0.350. The van der Waals surface area contributed by atoms with E-state index in [1.807, 2.05) is 18.2 Å². The Morgan fingerprint density at radius 2 is 2.07 bits per heavy atom. The highest BCUT2D eigenvalue weighted by Crippen LogP contribution is 2.26. The summed E-state index contributed by atoms with van der Waals surface area (Å²) in [6, 6.07) is 8.12. The van der Waals surface area contributed by atoms with Gasteiger partial charge in [0.15, 0.2) is 0 Å². The zero-order valence-electron chi connectivity index (χ0n) is 15.4. The molecule has 0 unspecified atom stereocenters. The van der Waals surface area contributed by atoms with Gasteiger partial charge in [-0.3, -0.25) is 14.2 Å². The van der Waals surface area contributed by atoms with Gasteiger partial charge < -0.3 is 14.1 Å². The molecule has 0 saturated heterocycles. The van der Waals surface area contributed by atoms with Crippen LogP contribution in [0.4, 0.5) is 0 Å². The Morgan fingerprint density at radius 1 is 1.30 bits per heavy atom. The van der Waals surface area contributed by atoms with E-state index in [9.17, 15) is 9.59 Å². The van der Waals surface area contributed by atoms with Crippen molar-refractivity contribution in [2.75, 3.05) is 20.3 Å². The molecule has 3 aromatic rings. The van der Waals surface area contributed by atoms with Crippen molar-refractivity contribution in [3.8, 4) is 0 Å². The summed E-state index contributed by atoms with van der Waals surface area (Å²) in [5, 5.41) is 0.245. The number of benzene rings is 1. The number of fused-ring (bicyclic) bond motifs is 2. The average Bonchev–Trinajstić information content (AvgIpc) is 3.03. The minimum absolute atomic E-state index is 0.191. The van der Waals surface area contributed by atoms with E-state index in [-0.39, 0.29) is 22.6 Å². The van der Waals surface area contributed by atoms with Gasteiger partial charge in [0.05, 0.1) is 18.7 Å². The van der Waals surface area contributed by atoms with Gasteiger partial charge in [0, 0.05) is 20.2 Å². The Labute approximate surface area is 156 Å². The maximum atomic E-state index is 13.2. The third-order valence-corrected chi connectivity index (χ3v) is 5.02. The van der Waals surface area contributed by atoms with Gasteiger partial charge in [-0.25, -0.2) is 4.98 Å². The minimum atomic E-state index is -0.283. The number of aryl methyl sites for hydroxylation is 1. The average molecular weight is 367 g/mol. The van der Waals surface area contributed by atoms with E-state index in [2.05, 4.69) is 11.1 Å². The third-order valence-electron chi connectivity index (χ3n) is 5.02. The maximum Gasteiger partial charge on any atom is 0.265 e. The number of hydrogen-bond acceptors (Lipinski definition) is 5. The normalized spacial score (nSPS) is 13.8. The molecule has 0 saturated carbocycles. The molecule has 0 bridgehead atoms. The second kappa shape index (κ2) is 7.00. The zero-order chi connectivity index (χ0) is 19.0. The van der Waals surface area contributed by atoms with Crippen molar-refractivity contribution in [2.45, 2.75) is 26.4 Å². The smallest absolute Gasteiger partial charge is 0.265 e. The molecule has 7 nitrogen and oxygen atoms in total. The summed E-state index contributed by atoms with van der Waals surface area (Å²) in [6.07, 6.45) is 2.23. The predicted molar refractivity (Wildman–Crippen MR) is 99.8 cm³/mol. The number of amides is 1. The number of carbonyl (C=O) groups excluding carboxylic acids is 1. The molecule has 0 fully saturated rings. The summed E-state index contributed by atoms with van der Waals surface area (Å²) >= 11 is 0. The molecule has 1 aliphatic rings. The van der Waals surface area contributed by atoms with Crippen molar-refractivity contribution in [3.63, 3.8) is 0 Å². The van der Waals surface area contributed by atoms with Crippen molar-refractivity contribution in [1.82, 2.24) is 14.5 Å². The van der Waals surface area contributed by atoms with Crippen molar-refractivity contribution in [2.24, 2.45) is 0 Å². The molecule has 0 aliphatic carbocycles. The van der Waals surface area contributed by atoms with Crippen LogP contribution in [0.3, 0.4) is 0 Å². The SMILES string of the molecule is COCCn1cnc2oc(C)c(C(=O)N3CCc4ccccc4C3)c2c1=O. The first kappa shape index (κ1) is 17.5. The molecule has 140 valence electrons.